The lowest BCUT2D eigenvalue weighted by molar-refractivity contribution is -0.123. The Morgan fingerprint density at radius 1 is 1.38 bits per heavy atom. The molecule has 0 saturated heterocycles. The number of halogens is 1. The molecule has 0 heterocycles. The van der Waals surface area contributed by atoms with E-state index >= 15 is 0 Å². The number of hydrogen-bond acceptors (Lipinski definition) is 4. The topological polar surface area (TPSA) is 72.5 Å². The van der Waals surface area contributed by atoms with Crippen LogP contribution in [0.4, 0.5) is 0 Å². The van der Waals surface area contributed by atoms with Gasteiger partial charge in [0.2, 0.25) is 0 Å². The molecule has 0 aliphatic heterocycles. The van der Waals surface area contributed by atoms with E-state index in [0.29, 0.717) is 23.4 Å². The molecule has 118 valence electrons. The molecule has 1 aromatic carbocycles. The van der Waals surface area contributed by atoms with Crippen LogP contribution in [0.3, 0.4) is 0 Å². The Bertz CT molecular complexity index is 626. The first-order valence-electron chi connectivity index (χ1n) is 6.65. The lowest BCUT2D eigenvalue weighted by Crippen LogP contribution is -2.28. The summed E-state index contributed by atoms with van der Waals surface area (Å²) in [6.07, 6.45) is 0. The molecule has 0 aromatic heterocycles. The molecule has 5 nitrogen and oxygen atoms in total. The van der Waals surface area contributed by atoms with Gasteiger partial charge in [0.05, 0.1) is 4.90 Å². The predicted octanol–water partition coefficient (Wildman–Crippen LogP) is 2.56. The maximum Gasteiger partial charge on any atom is 0.261 e. The van der Waals surface area contributed by atoms with Crippen molar-refractivity contribution in [3.8, 4) is 5.75 Å². The van der Waals surface area contributed by atoms with Crippen molar-refractivity contribution in [2.45, 2.75) is 38.5 Å². The SMILES string of the molecule is CCNC(=O)COc1cc(C)c(S(=O)(=O)Cl)cc1C(C)C. The number of aryl methyl sites for hydroxylation is 1. The standard InChI is InChI=1S/C14H20ClNO4S/c1-5-16-14(17)8-20-12-6-10(4)13(21(15,18)19)7-11(12)9(2)3/h6-7,9H,5,8H2,1-4H3,(H,16,17). The Balaban J connectivity index is 3.15. The summed E-state index contributed by atoms with van der Waals surface area (Å²) >= 11 is 0. The first-order chi connectivity index (χ1) is 9.66. The van der Waals surface area contributed by atoms with Gasteiger partial charge in [0.25, 0.3) is 15.0 Å². The van der Waals surface area contributed by atoms with Gasteiger partial charge < -0.3 is 10.1 Å². The molecule has 0 unspecified atom stereocenters. The normalized spacial score (nSPS) is 11.5. The predicted molar refractivity (Wildman–Crippen MR) is 82.5 cm³/mol. The number of nitrogens with one attached hydrogen (secondary N) is 1. The first kappa shape index (κ1) is 17.8. The second-order valence-electron chi connectivity index (χ2n) is 4.99. The van der Waals surface area contributed by atoms with Gasteiger partial charge in [-0.1, -0.05) is 13.8 Å². The average Bonchev–Trinajstić information content (AvgIpc) is 2.34. The van der Waals surface area contributed by atoms with Crippen LogP contribution in [0.5, 0.6) is 5.75 Å². The van der Waals surface area contributed by atoms with E-state index in [1.54, 1.807) is 13.0 Å². The minimum Gasteiger partial charge on any atom is -0.483 e. The Labute approximate surface area is 130 Å². The van der Waals surface area contributed by atoms with Crippen LogP contribution in [-0.4, -0.2) is 27.5 Å². The first-order valence-corrected chi connectivity index (χ1v) is 8.96. The molecule has 0 aliphatic carbocycles. The number of carbonyl (C=O) groups excluding carboxylic acids is 1. The van der Waals surface area contributed by atoms with E-state index < -0.39 is 9.05 Å². The third kappa shape index (κ3) is 4.89. The van der Waals surface area contributed by atoms with Gasteiger partial charge in [-0.2, -0.15) is 0 Å². The van der Waals surface area contributed by atoms with E-state index in [1.807, 2.05) is 20.8 Å². The minimum absolute atomic E-state index is 0.0343. The summed E-state index contributed by atoms with van der Waals surface area (Å²) in [5, 5.41) is 2.63. The number of ether oxygens (including phenoxy) is 1. The Hall–Kier alpha value is -1.27. The maximum absolute atomic E-state index is 11.6. The van der Waals surface area contributed by atoms with Crippen molar-refractivity contribution in [1.29, 1.82) is 0 Å². The maximum atomic E-state index is 11.6. The van der Waals surface area contributed by atoms with Crippen LogP contribution in [0.1, 0.15) is 37.8 Å². The van der Waals surface area contributed by atoms with Crippen molar-refractivity contribution in [2.24, 2.45) is 0 Å². The van der Waals surface area contributed by atoms with Gasteiger partial charge in [-0.3, -0.25) is 4.79 Å². The lowest BCUT2D eigenvalue weighted by Gasteiger charge is -2.16. The number of hydrogen-bond donors (Lipinski definition) is 1. The van der Waals surface area contributed by atoms with Gasteiger partial charge in [0.1, 0.15) is 5.75 Å². The molecule has 7 heteroatoms. The lowest BCUT2D eigenvalue weighted by atomic mass is 10.0. The fourth-order valence-corrected chi connectivity index (χ4v) is 3.12. The van der Waals surface area contributed by atoms with Crippen LogP contribution in [-0.2, 0) is 13.8 Å². The highest BCUT2D eigenvalue weighted by molar-refractivity contribution is 8.13. The van der Waals surface area contributed by atoms with Crippen molar-refractivity contribution in [1.82, 2.24) is 5.32 Å². The van der Waals surface area contributed by atoms with E-state index in [-0.39, 0.29) is 23.3 Å². The number of carbonyl (C=O) groups is 1. The minimum atomic E-state index is -3.81. The van der Waals surface area contributed by atoms with Crippen LogP contribution in [0, 0.1) is 6.92 Å². The summed E-state index contributed by atoms with van der Waals surface area (Å²) < 4.78 is 28.6. The molecule has 0 aliphatic rings. The molecular formula is C14H20ClNO4S. The summed E-state index contributed by atoms with van der Waals surface area (Å²) in [6.45, 7) is 7.70. The van der Waals surface area contributed by atoms with Gasteiger partial charge in [-0.25, -0.2) is 8.42 Å². The van der Waals surface area contributed by atoms with Crippen molar-refractivity contribution in [2.75, 3.05) is 13.2 Å². The van der Waals surface area contributed by atoms with Gasteiger partial charge in [0.15, 0.2) is 6.61 Å². The summed E-state index contributed by atoms with van der Waals surface area (Å²) in [4.78, 5) is 11.5. The monoisotopic (exact) mass is 333 g/mol. The Morgan fingerprint density at radius 3 is 2.48 bits per heavy atom. The quantitative estimate of drug-likeness (QED) is 0.812. The van der Waals surface area contributed by atoms with E-state index in [2.05, 4.69) is 5.32 Å². The van der Waals surface area contributed by atoms with E-state index in [4.69, 9.17) is 15.4 Å². The van der Waals surface area contributed by atoms with Crippen LogP contribution in [0.25, 0.3) is 0 Å². The molecule has 0 atom stereocenters. The summed E-state index contributed by atoms with van der Waals surface area (Å²) in [6, 6.07) is 3.11. The molecule has 1 amide bonds. The highest BCUT2D eigenvalue weighted by Gasteiger charge is 2.19. The van der Waals surface area contributed by atoms with Crippen molar-refractivity contribution in [3.05, 3.63) is 23.3 Å². The number of amides is 1. The third-order valence-electron chi connectivity index (χ3n) is 2.92. The van der Waals surface area contributed by atoms with Gasteiger partial charge >= 0.3 is 0 Å². The van der Waals surface area contributed by atoms with Gasteiger partial charge in [0, 0.05) is 17.2 Å². The Morgan fingerprint density at radius 2 is 2.00 bits per heavy atom. The molecule has 21 heavy (non-hydrogen) atoms. The van der Waals surface area contributed by atoms with Crippen molar-refractivity contribution in [3.63, 3.8) is 0 Å². The zero-order chi connectivity index (χ0) is 16.2. The molecule has 0 radical (unpaired) electrons. The van der Waals surface area contributed by atoms with E-state index in [9.17, 15) is 13.2 Å². The van der Waals surface area contributed by atoms with Crippen LogP contribution in [0.15, 0.2) is 17.0 Å². The molecule has 1 N–H and O–H groups in total. The number of benzene rings is 1. The molecule has 1 rings (SSSR count). The van der Waals surface area contributed by atoms with Crippen molar-refractivity contribution < 1.29 is 17.9 Å². The zero-order valence-electron chi connectivity index (χ0n) is 12.6. The van der Waals surface area contributed by atoms with Crippen molar-refractivity contribution >= 4 is 25.6 Å². The van der Waals surface area contributed by atoms with E-state index in [1.165, 1.54) is 6.07 Å². The molecule has 0 bridgehead atoms. The molecular weight excluding hydrogens is 314 g/mol. The number of rotatable bonds is 6. The van der Waals surface area contributed by atoms with Gasteiger partial charge in [-0.15, -0.1) is 0 Å². The smallest absolute Gasteiger partial charge is 0.261 e. The molecule has 0 saturated carbocycles. The Kier molecular flexibility index (Phi) is 6.04. The largest absolute Gasteiger partial charge is 0.483 e. The summed E-state index contributed by atoms with van der Waals surface area (Å²) in [5.41, 5.74) is 1.18. The molecule has 1 aromatic rings. The summed E-state index contributed by atoms with van der Waals surface area (Å²) in [5.74, 6) is 0.309. The second-order valence-corrected chi connectivity index (χ2v) is 7.52. The molecule has 0 fully saturated rings. The molecule has 0 spiro atoms. The average molecular weight is 334 g/mol. The zero-order valence-corrected chi connectivity index (χ0v) is 14.1. The van der Waals surface area contributed by atoms with Crippen LogP contribution >= 0.6 is 10.7 Å². The highest BCUT2D eigenvalue weighted by atomic mass is 35.7. The highest BCUT2D eigenvalue weighted by Crippen LogP contribution is 2.33. The fourth-order valence-electron chi connectivity index (χ4n) is 1.91. The second kappa shape index (κ2) is 7.13. The van der Waals surface area contributed by atoms with Crippen LogP contribution < -0.4 is 10.1 Å². The van der Waals surface area contributed by atoms with E-state index in [0.717, 1.165) is 0 Å². The fraction of sp³-hybridized carbons (Fsp3) is 0.500. The number of likely N-dealkylation sites (N-methyl/N-ethyl adjacent to an activating group) is 1. The van der Waals surface area contributed by atoms with Crippen LogP contribution in [0.2, 0.25) is 0 Å². The van der Waals surface area contributed by atoms with Gasteiger partial charge in [-0.05, 0) is 43.0 Å². The third-order valence-corrected chi connectivity index (χ3v) is 4.39. The summed E-state index contributed by atoms with van der Waals surface area (Å²) in [7, 11) is 1.62.